The molecule has 7 nitrogen and oxygen atoms in total. The van der Waals surface area contributed by atoms with E-state index >= 15 is 0 Å². The van der Waals surface area contributed by atoms with Gasteiger partial charge in [0.05, 0.1) is 32.8 Å². The van der Waals surface area contributed by atoms with Gasteiger partial charge in [-0.2, -0.15) is 0 Å². The molecular formula is C30H58N2O5. The summed E-state index contributed by atoms with van der Waals surface area (Å²) in [7, 11) is 4.08. The smallest absolute Gasteiger partial charge is 0.307 e. The third-order valence-electron chi connectivity index (χ3n) is 8.38. The number of rotatable bonds is 19. The first-order valence-electron chi connectivity index (χ1n) is 14.7. The molecule has 0 saturated heterocycles. The highest BCUT2D eigenvalue weighted by Crippen LogP contribution is 2.30. The second-order valence-electron chi connectivity index (χ2n) is 12.6. The third-order valence-corrected chi connectivity index (χ3v) is 8.38. The van der Waals surface area contributed by atoms with E-state index in [0.29, 0.717) is 51.0 Å². The van der Waals surface area contributed by atoms with Crippen molar-refractivity contribution in [1.82, 2.24) is 9.80 Å². The third kappa shape index (κ3) is 15.1. The lowest BCUT2D eigenvalue weighted by atomic mass is 9.83. The van der Waals surface area contributed by atoms with Crippen LogP contribution in [0.15, 0.2) is 0 Å². The SMILES string of the molecule is CCC(C)(C)CCC(=O)OCC1CCC(COC(=O)CCN(CCOCCN(C)C)C(C)(C)CC)CC1. The zero-order valence-corrected chi connectivity index (χ0v) is 25.4. The van der Waals surface area contributed by atoms with E-state index in [1.807, 2.05) is 14.1 Å². The minimum absolute atomic E-state index is 0.0131. The molecule has 218 valence electrons. The summed E-state index contributed by atoms with van der Waals surface area (Å²) >= 11 is 0. The van der Waals surface area contributed by atoms with Crippen LogP contribution in [0.4, 0.5) is 0 Å². The minimum Gasteiger partial charge on any atom is -0.465 e. The molecule has 0 bridgehead atoms. The fourth-order valence-corrected chi connectivity index (χ4v) is 4.44. The molecule has 0 N–H and O–H groups in total. The maximum Gasteiger partial charge on any atom is 0.307 e. The molecule has 0 radical (unpaired) electrons. The van der Waals surface area contributed by atoms with Gasteiger partial charge in [-0.05, 0) is 83.7 Å². The normalized spacial score (nSPS) is 18.9. The quantitative estimate of drug-likeness (QED) is 0.161. The van der Waals surface area contributed by atoms with Crippen LogP contribution >= 0.6 is 0 Å². The maximum absolute atomic E-state index is 12.5. The van der Waals surface area contributed by atoms with Crippen molar-refractivity contribution in [3.63, 3.8) is 0 Å². The first-order chi connectivity index (χ1) is 17.4. The van der Waals surface area contributed by atoms with Crippen LogP contribution in [0, 0.1) is 17.3 Å². The number of hydrogen-bond donors (Lipinski definition) is 0. The van der Waals surface area contributed by atoms with Crippen LogP contribution in [0.5, 0.6) is 0 Å². The molecule has 7 heteroatoms. The molecule has 0 aromatic carbocycles. The van der Waals surface area contributed by atoms with E-state index in [4.69, 9.17) is 14.2 Å². The van der Waals surface area contributed by atoms with Crippen molar-refractivity contribution in [2.24, 2.45) is 17.3 Å². The van der Waals surface area contributed by atoms with E-state index in [2.05, 4.69) is 51.3 Å². The summed E-state index contributed by atoms with van der Waals surface area (Å²) in [5, 5.41) is 0. The zero-order chi connectivity index (χ0) is 27.9. The van der Waals surface area contributed by atoms with Crippen LogP contribution < -0.4 is 0 Å². The molecule has 1 fully saturated rings. The van der Waals surface area contributed by atoms with E-state index < -0.39 is 0 Å². The molecule has 0 spiro atoms. The number of ether oxygens (including phenoxy) is 3. The second kappa shape index (κ2) is 17.4. The summed E-state index contributed by atoms with van der Waals surface area (Å²) in [6.07, 6.45) is 7.97. The monoisotopic (exact) mass is 526 g/mol. The van der Waals surface area contributed by atoms with Gasteiger partial charge in [-0.3, -0.25) is 14.5 Å². The fraction of sp³-hybridized carbons (Fsp3) is 0.933. The molecule has 1 aliphatic rings. The predicted octanol–water partition coefficient (Wildman–Crippen LogP) is 5.55. The number of hydrogen-bond acceptors (Lipinski definition) is 7. The Morgan fingerprint density at radius 3 is 1.76 bits per heavy atom. The first-order valence-corrected chi connectivity index (χ1v) is 14.7. The molecular weight excluding hydrogens is 468 g/mol. The Morgan fingerprint density at radius 2 is 1.27 bits per heavy atom. The summed E-state index contributed by atoms with van der Waals surface area (Å²) in [6, 6.07) is 0. The molecule has 0 amide bonds. The summed E-state index contributed by atoms with van der Waals surface area (Å²) in [5.74, 6) is 0.656. The van der Waals surface area contributed by atoms with Gasteiger partial charge in [0, 0.05) is 31.6 Å². The summed E-state index contributed by atoms with van der Waals surface area (Å²) in [4.78, 5) is 29.1. The van der Waals surface area contributed by atoms with Crippen molar-refractivity contribution >= 4 is 11.9 Å². The number of likely N-dealkylation sites (N-methyl/N-ethyl adjacent to an activating group) is 1. The fourth-order valence-electron chi connectivity index (χ4n) is 4.44. The highest BCUT2D eigenvalue weighted by atomic mass is 16.5. The van der Waals surface area contributed by atoms with Gasteiger partial charge < -0.3 is 19.1 Å². The molecule has 1 saturated carbocycles. The van der Waals surface area contributed by atoms with Gasteiger partial charge in [0.25, 0.3) is 0 Å². The number of esters is 2. The Bertz CT molecular complexity index is 642. The van der Waals surface area contributed by atoms with Gasteiger partial charge in [-0.15, -0.1) is 0 Å². The van der Waals surface area contributed by atoms with E-state index in [1.54, 1.807) is 0 Å². The Balaban J connectivity index is 2.27. The second-order valence-corrected chi connectivity index (χ2v) is 12.6. The lowest BCUT2D eigenvalue weighted by Gasteiger charge is -2.38. The Kier molecular flexibility index (Phi) is 15.9. The van der Waals surface area contributed by atoms with Crippen LogP contribution in [0.3, 0.4) is 0 Å². The average molecular weight is 527 g/mol. The Labute approximate surface area is 228 Å². The highest BCUT2D eigenvalue weighted by molar-refractivity contribution is 5.69. The number of nitrogens with zero attached hydrogens (tertiary/aromatic N) is 2. The van der Waals surface area contributed by atoms with Crippen molar-refractivity contribution in [3.8, 4) is 0 Å². The van der Waals surface area contributed by atoms with Crippen LogP contribution in [-0.4, -0.2) is 87.4 Å². The van der Waals surface area contributed by atoms with E-state index in [9.17, 15) is 9.59 Å². The molecule has 0 aliphatic heterocycles. The largest absolute Gasteiger partial charge is 0.465 e. The molecule has 37 heavy (non-hydrogen) atoms. The van der Waals surface area contributed by atoms with Crippen molar-refractivity contribution < 1.29 is 23.8 Å². The molecule has 1 aliphatic carbocycles. The Morgan fingerprint density at radius 1 is 0.757 bits per heavy atom. The first kappa shape index (κ1) is 33.8. The maximum atomic E-state index is 12.5. The van der Waals surface area contributed by atoms with Gasteiger partial charge in [-0.25, -0.2) is 0 Å². The van der Waals surface area contributed by atoms with Crippen molar-refractivity contribution in [2.75, 3.05) is 60.2 Å². The van der Waals surface area contributed by atoms with Crippen LogP contribution in [0.1, 0.15) is 99.3 Å². The van der Waals surface area contributed by atoms with E-state index in [1.165, 1.54) is 0 Å². The summed E-state index contributed by atoms with van der Waals surface area (Å²) in [6.45, 7) is 18.0. The average Bonchev–Trinajstić information content (AvgIpc) is 2.86. The molecule has 1 rings (SSSR count). The number of carbonyl (C=O) groups excluding carboxylic acids is 2. The van der Waals surface area contributed by atoms with Crippen molar-refractivity contribution in [1.29, 1.82) is 0 Å². The molecule has 0 heterocycles. The predicted molar refractivity (Wildman–Crippen MR) is 151 cm³/mol. The van der Waals surface area contributed by atoms with E-state index in [-0.39, 0.29) is 22.9 Å². The molecule has 0 atom stereocenters. The zero-order valence-electron chi connectivity index (χ0n) is 25.4. The van der Waals surface area contributed by atoms with Gasteiger partial charge >= 0.3 is 11.9 Å². The Hall–Kier alpha value is -1.18. The number of carbonyl (C=O) groups is 2. The van der Waals surface area contributed by atoms with Gasteiger partial charge in [0.1, 0.15) is 0 Å². The van der Waals surface area contributed by atoms with Gasteiger partial charge in [-0.1, -0.05) is 34.1 Å². The molecule has 0 unspecified atom stereocenters. The van der Waals surface area contributed by atoms with E-state index in [0.717, 1.165) is 64.6 Å². The van der Waals surface area contributed by atoms with Gasteiger partial charge in [0.2, 0.25) is 0 Å². The van der Waals surface area contributed by atoms with Crippen LogP contribution in [0.25, 0.3) is 0 Å². The highest BCUT2D eigenvalue weighted by Gasteiger charge is 2.27. The van der Waals surface area contributed by atoms with Crippen LogP contribution in [-0.2, 0) is 23.8 Å². The lowest BCUT2D eigenvalue weighted by Crippen LogP contribution is -2.46. The van der Waals surface area contributed by atoms with Gasteiger partial charge in [0.15, 0.2) is 0 Å². The van der Waals surface area contributed by atoms with Crippen molar-refractivity contribution in [2.45, 2.75) is 105 Å². The van der Waals surface area contributed by atoms with Crippen molar-refractivity contribution in [3.05, 3.63) is 0 Å². The minimum atomic E-state index is -0.114. The van der Waals surface area contributed by atoms with Crippen LogP contribution in [0.2, 0.25) is 0 Å². The molecule has 0 aromatic heterocycles. The standard InChI is InChI=1S/C30H58N2O5/c1-9-29(3,4)17-15-27(33)36-23-25-11-13-26(14-12-25)24-37-28(34)16-18-32(30(5,6)10-2)20-22-35-21-19-31(7)8/h25-26H,9-24H2,1-8H3. The topological polar surface area (TPSA) is 68.3 Å². The summed E-state index contributed by atoms with van der Waals surface area (Å²) < 4.78 is 17.0. The lowest BCUT2D eigenvalue weighted by molar-refractivity contribution is -0.148. The molecule has 0 aromatic rings. The summed E-state index contributed by atoms with van der Waals surface area (Å²) in [5.41, 5.74) is 0.207.